The largest absolute Gasteiger partial charge is 0.462 e. The molecule has 0 N–H and O–H groups in total. The van der Waals surface area contributed by atoms with E-state index in [0.717, 1.165) is 89.9 Å². The van der Waals surface area contributed by atoms with Crippen molar-refractivity contribution < 1.29 is 28.6 Å². The summed E-state index contributed by atoms with van der Waals surface area (Å²) in [4.78, 5) is 38.3. The second-order valence-electron chi connectivity index (χ2n) is 24.1. The minimum Gasteiger partial charge on any atom is -0.462 e. The molecule has 0 heterocycles. The summed E-state index contributed by atoms with van der Waals surface area (Å²) in [7, 11) is 0. The number of rotatable bonds is 66. The van der Waals surface area contributed by atoms with Crippen molar-refractivity contribution in [3.05, 3.63) is 72.9 Å². The highest BCUT2D eigenvalue weighted by atomic mass is 16.6. The van der Waals surface area contributed by atoms with E-state index in [1.165, 1.54) is 244 Å². The molecule has 0 spiro atoms. The molecular weight excluding hydrogens is 1010 g/mol. The maximum absolute atomic E-state index is 12.9. The van der Waals surface area contributed by atoms with E-state index >= 15 is 0 Å². The summed E-state index contributed by atoms with van der Waals surface area (Å²) in [6.45, 7) is 6.59. The van der Waals surface area contributed by atoms with E-state index in [1.807, 2.05) is 0 Å². The minimum absolute atomic E-state index is 0.0763. The predicted octanol–water partition coefficient (Wildman–Crippen LogP) is 24.8. The second-order valence-corrected chi connectivity index (χ2v) is 24.1. The Kier molecular flexibility index (Phi) is 67.6. The van der Waals surface area contributed by atoms with Crippen LogP contribution in [0.4, 0.5) is 0 Å². The molecule has 1 atom stereocenters. The van der Waals surface area contributed by atoms with E-state index in [1.54, 1.807) is 0 Å². The maximum Gasteiger partial charge on any atom is 0.306 e. The Morgan fingerprint density at radius 1 is 0.244 bits per heavy atom. The van der Waals surface area contributed by atoms with Gasteiger partial charge in [-0.15, -0.1) is 0 Å². The van der Waals surface area contributed by atoms with Crippen LogP contribution in [0.2, 0.25) is 0 Å². The van der Waals surface area contributed by atoms with Crippen molar-refractivity contribution in [2.75, 3.05) is 13.2 Å². The van der Waals surface area contributed by atoms with Gasteiger partial charge in [-0.1, -0.05) is 318 Å². The quantitative estimate of drug-likeness (QED) is 0.0261. The van der Waals surface area contributed by atoms with Gasteiger partial charge in [0.25, 0.3) is 0 Å². The van der Waals surface area contributed by atoms with Gasteiger partial charge in [-0.05, 0) is 109 Å². The van der Waals surface area contributed by atoms with Gasteiger partial charge in [0, 0.05) is 19.3 Å². The van der Waals surface area contributed by atoms with E-state index in [0.29, 0.717) is 19.3 Å². The molecule has 0 radical (unpaired) electrons. The molecule has 0 aliphatic rings. The van der Waals surface area contributed by atoms with Crippen LogP contribution in [0, 0.1) is 0 Å². The van der Waals surface area contributed by atoms with Gasteiger partial charge in [-0.2, -0.15) is 0 Å². The van der Waals surface area contributed by atoms with Crippen molar-refractivity contribution in [2.45, 2.75) is 380 Å². The first-order chi connectivity index (χ1) is 40.5. The van der Waals surface area contributed by atoms with Gasteiger partial charge in [0.15, 0.2) is 6.10 Å². The SMILES string of the molecule is CCC/C=C\CCCCCCCC(=O)OCC(COC(=O)CCCCCCCCCCCCCCCCCCCC/C=C\C/C=C\C/C=C\CCCCCCC)OC(=O)CCCCCCCCCCC/C=C\C/C=C\CCCCCCC. The van der Waals surface area contributed by atoms with Crippen LogP contribution in [0.25, 0.3) is 0 Å². The number of esters is 3. The molecule has 0 bridgehead atoms. The standard InChI is InChI=1S/C76H136O6/c1-4-7-10-13-16-19-22-24-26-28-30-32-33-34-35-36-37-38-39-40-41-42-43-45-46-48-50-52-54-57-60-63-66-69-75(78)81-72-73(71-80-74(77)68-65-62-59-56-21-18-15-12-9-6-3)82-76(79)70-67-64-61-58-55-53-51-49-47-44-31-29-27-25-23-20-17-14-11-8-5-2/h12,15,22-25,28-31,33-34,73H,4-11,13-14,16-21,26-27,32,35-72H2,1-3H3/b15-12-,24-22-,25-23-,30-28-,31-29-,34-33-. The first-order valence-corrected chi connectivity index (χ1v) is 35.9. The van der Waals surface area contributed by atoms with E-state index in [4.69, 9.17) is 14.2 Å². The van der Waals surface area contributed by atoms with Gasteiger partial charge < -0.3 is 14.2 Å². The highest BCUT2D eigenvalue weighted by molar-refractivity contribution is 5.71. The lowest BCUT2D eigenvalue weighted by molar-refractivity contribution is -0.167. The Morgan fingerprint density at radius 3 is 0.744 bits per heavy atom. The molecule has 82 heavy (non-hydrogen) atoms. The zero-order chi connectivity index (χ0) is 59.2. The first kappa shape index (κ1) is 78.8. The summed E-state index contributed by atoms with van der Waals surface area (Å²) in [5.74, 6) is -0.873. The van der Waals surface area contributed by atoms with E-state index in [9.17, 15) is 14.4 Å². The van der Waals surface area contributed by atoms with Crippen molar-refractivity contribution in [1.29, 1.82) is 0 Å². The summed E-state index contributed by atoms with van der Waals surface area (Å²) in [5.41, 5.74) is 0. The smallest absolute Gasteiger partial charge is 0.306 e. The zero-order valence-corrected chi connectivity index (χ0v) is 54.8. The van der Waals surface area contributed by atoms with Crippen LogP contribution in [-0.2, 0) is 28.6 Å². The number of unbranched alkanes of at least 4 members (excludes halogenated alkanes) is 43. The van der Waals surface area contributed by atoms with Crippen LogP contribution >= 0.6 is 0 Å². The Balaban J connectivity index is 4.11. The lowest BCUT2D eigenvalue weighted by Crippen LogP contribution is -2.30. The lowest BCUT2D eigenvalue weighted by atomic mass is 10.0. The molecule has 0 saturated carbocycles. The average molecular weight is 1150 g/mol. The van der Waals surface area contributed by atoms with Crippen molar-refractivity contribution in [1.82, 2.24) is 0 Å². The van der Waals surface area contributed by atoms with Crippen molar-refractivity contribution in [3.63, 3.8) is 0 Å². The Hall–Kier alpha value is -3.15. The zero-order valence-electron chi connectivity index (χ0n) is 54.8. The fraction of sp³-hybridized carbons (Fsp3) is 0.803. The van der Waals surface area contributed by atoms with Gasteiger partial charge in [-0.3, -0.25) is 14.4 Å². The molecule has 6 heteroatoms. The number of carbonyl (C=O) groups is 3. The molecule has 6 nitrogen and oxygen atoms in total. The summed E-state index contributed by atoms with van der Waals surface area (Å²) in [6, 6.07) is 0. The summed E-state index contributed by atoms with van der Waals surface area (Å²) >= 11 is 0. The van der Waals surface area contributed by atoms with Crippen molar-refractivity contribution >= 4 is 17.9 Å². The second kappa shape index (κ2) is 70.3. The lowest BCUT2D eigenvalue weighted by Gasteiger charge is -2.18. The molecule has 0 aromatic heterocycles. The molecule has 1 unspecified atom stereocenters. The molecule has 476 valence electrons. The topological polar surface area (TPSA) is 78.9 Å². The van der Waals surface area contributed by atoms with Crippen LogP contribution in [-0.4, -0.2) is 37.2 Å². The Bertz CT molecular complexity index is 1500. The van der Waals surface area contributed by atoms with Crippen LogP contribution in [0.3, 0.4) is 0 Å². The fourth-order valence-corrected chi connectivity index (χ4v) is 10.5. The predicted molar refractivity (Wildman–Crippen MR) is 358 cm³/mol. The van der Waals surface area contributed by atoms with Gasteiger partial charge in [0.05, 0.1) is 0 Å². The molecule has 0 aromatic rings. The van der Waals surface area contributed by atoms with Crippen LogP contribution < -0.4 is 0 Å². The Morgan fingerprint density at radius 2 is 0.463 bits per heavy atom. The van der Waals surface area contributed by atoms with Gasteiger partial charge in [0.2, 0.25) is 0 Å². The third-order valence-electron chi connectivity index (χ3n) is 15.9. The van der Waals surface area contributed by atoms with Gasteiger partial charge in [0.1, 0.15) is 13.2 Å². The van der Waals surface area contributed by atoms with Gasteiger partial charge in [-0.25, -0.2) is 0 Å². The monoisotopic (exact) mass is 1150 g/mol. The normalized spacial score (nSPS) is 12.5. The molecule has 0 amide bonds. The summed E-state index contributed by atoms with van der Waals surface area (Å²) in [5, 5.41) is 0. The highest BCUT2D eigenvalue weighted by Crippen LogP contribution is 2.18. The van der Waals surface area contributed by atoms with Crippen LogP contribution in [0.5, 0.6) is 0 Å². The number of ether oxygens (including phenoxy) is 3. The molecule has 0 aliphatic heterocycles. The molecule has 0 rings (SSSR count). The average Bonchev–Trinajstić information content (AvgIpc) is 3.47. The Labute approximate surface area is 510 Å². The number of carbonyl (C=O) groups excluding carboxylic acids is 3. The highest BCUT2D eigenvalue weighted by Gasteiger charge is 2.19. The summed E-state index contributed by atoms with van der Waals surface area (Å²) in [6.07, 6.45) is 92.4. The third kappa shape index (κ3) is 67.6. The molecule has 0 aromatic carbocycles. The number of allylic oxidation sites excluding steroid dienone is 12. The minimum atomic E-state index is -0.780. The maximum atomic E-state index is 12.9. The van der Waals surface area contributed by atoms with E-state index < -0.39 is 6.10 Å². The number of hydrogen-bond donors (Lipinski definition) is 0. The molecule has 0 saturated heterocycles. The fourth-order valence-electron chi connectivity index (χ4n) is 10.5. The van der Waals surface area contributed by atoms with Crippen LogP contribution in [0.1, 0.15) is 374 Å². The number of hydrogen-bond acceptors (Lipinski definition) is 6. The van der Waals surface area contributed by atoms with E-state index in [2.05, 4.69) is 93.7 Å². The van der Waals surface area contributed by atoms with Gasteiger partial charge >= 0.3 is 17.9 Å². The van der Waals surface area contributed by atoms with Crippen molar-refractivity contribution in [3.8, 4) is 0 Å². The molecule has 0 aliphatic carbocycles. The molecule has 0 fully saturated rings. The summed E-state index contributed by atoms with van der Waals surface area (Å²) < 4.78 is 16.9. The third-order valence-corrected chi connectivity index (χ3v) is 15.9. The first-order valence-electron chi connectivity index (χ1n) is 35.9. The van der Waals surface area contributed by atoms with Crippen molar-refractivity contribution in [2.24, 2.45) is 0 Å². The van der Waals surface area contributed by atoms with E-state index in [-0.39, 0.29) is 31.1 Å². The molecular formula is C76H136O6. The van der Waals surface area contributed by atoms with Crippen LogP contribution in [0.15, 0.2) is 72.9 Å².